The van der Waals surface area contributed by atoms with Crippen molar-refractivity contribution in [3.8, 4) is 11.5 Å². The van der Waals surface area contributed by atoms with Crippen LogP contribution in [-0.2, 0) is 15.7 Å². The van der Waals surface area contributed by atoms with Crippen molar-refractivity contribution in [2.24, 2.45) is 0 Å². The van der Waals surface area contributed by atoms with E-state index in [0.29, 0.717) is 6.07 Å². The number of carbonyl (C=O) groups is 2. The molecule has 0 aliphatic heterocycles. The summed E-state index contributed by atoms with van der Waals surface area (Å²) in [4.78, 5) is 34.0. The molecule has 2 aromatic carbocycles. The Bertz CT molecular complexity index is 1020. The fourth-order valence-electron chi connectivity index (χ4n) is 2.35. The zero-order chi connectivity index (χ0) is 22.8. The number of alkyl halides is 3. The summed E-state index contributed by atoms with van der Waals surface area (Å²) in [5, 5.41) is 32.1. The summed E-state index contributed by atoms with van der Waals surface area (Å²) in [6.07, 6.45) is -6.60. The molecular formula is C18H15F3N2O7. The molecule has 1 atom stereocenters. The molecule has 30 heavy (non-hydrogen) atoms. The molecule has 0 heterocycles. The van der Waals surface area contributed by atoms with E-state index in [1.165, 1.54) is 13.0 Å². The van der Waals surface area contributed by atoms with Crippen LogP contribution in [0.15, 0.2) is 30.3 Å². The highest BCUT2D eigenvalue weighted by Crippen LogP contribution is 2.37. The second-order valence-corrected chi connectivity index (χ2v) is 6.15. The van der Waals surface area contributed by atoms with Gasteiger partial charge in [-0.2, -0.15) is 13.2 Å². The van der Waals surface area contributed by atoms with E-state index in [2.05, 4.69) is 0 Å². The van der Waals surface area contributed by atoms with Crippen molar-refractivity contribution in [1.82, 2.24) is 0 Å². The van der Waals surface area contributed by atoms with Crippen molar-refractivity contribution in [2.75, 3.05) is 5.32 Å². The van der Waals surface area contributed by atoms with Crippen LogP contribution in [-0.4, -0.2) is 33.1 Å². The van der Waals surface area contributed by atoms with Crippen molar-refractivity contribution in [1.29, 1.82) is 0 Å². The summed E-state index contributed by atoms with van der Waals surface area (Å²) in [5.41, 5.74) is -3.23. The molecule has 0 aromatic heterocycles. The molecule has 9 nitrogen and oxygen atoms in total. The minimum Gasteiger partial charge on any atom is -0.504 e. The van der Waals surface area contributed by atoms with Crippen LogP contribution in [0.25, 0.3) is 0 Å². The number of nitrogens with zero attached hydrogens (tertiary/aromatic N) is 1. The maximum Gasteiger partial charge on any atom is 0.418 e. The Kier molecular flexibility index (Phi) is 6.19. The fraction of sp³-hybridized carbons (Fsp3) is 0.222. The maximum atomic E-state index is 13.2. The number of nitrogens with one attached hydrogen (secondary N) is 1. The van der Waals surface area contributed by atoms with Crippen LogP contribution in [0.4, 0.5) is 24.5 Å². The molecule has 0 aliphatic carbocycles. The standard InChI is InChI=1S/C18H15F3N2O7/c1-8-3-5-11(15(25)14(8)24)17(27)30-9(2)16(26)22-13-6-4-10(23(28)29)7-12(13)18(19,20)21/h3-7,9,24-25H,1-2H3,(H,22,26). The van der Waals surface area contributed by atoms with Gasteiger partial charge in [0.2, 0.25) is 0 Å². The Morgan fingerprint density at radius 2 is 1.80 bits per heavy atom. The first kappa shape index (κ1) is 22.5. The number of non-ortho nitro benzene ring substituents is 1. The molecule has 0 saturated carbocycles. The van der Waals surface area contributed by atoms with Crippen LogP contribution >= 0.6 is 0 Å². The predicted molar refractivity (Wildman–Crippen MR) is 96.1 cm³/mol. The molecule has 0 bridgehead atoms. The lowest BCUT2D eigenvalue weighted by atomic mass is 10.1. The normalized spacial score (nSPS) is 12.2. The first-order chi connectivity index (χ1) is 13.8. The number of amides is 1. The molecule has 3 N–H and O–H groups in total. The number of phenols is 2. The number of aromatic hydroxyl groups is 2. The first-order valence-electron chi connectivity index (χ1n) is 8.22. The van der Waals surface area contributed by atoms with Gasteiger partial charge >= 0.3 is 12.1 Å². The third kappa shape index (κ3) is 4.77. The van der Waals surface area contributed by atoms with Crippen molar-refractivity contribution in [3.05, 3.63) is 57.1 Å². The summed E-state index contributed by atoms with van der Waals surface area (Å²) >= 11 is 0. The number of rotatable bonds is 5. The van der Waals surface area contributed by atoms with Gasteiger partial charge in [0.1, 0.15) is 5.56 Å². The average molecular weight is 428 g/mol. The number of hydrogen-bond acceptors (Lipinski definition) is 7. The molecule has 0 fully saturated rings. The van der Waals surface area contributed by atoms with Crippen molar-refractivity contribution >= 4 is 23.3 Å². The molecule has 2 rings (SSSR count). The summed E-state index contributed by atoms with van der Waals surface area (Å²) in [7, 11) is 0. The van der Waals surface area contributed by atoms with E-state index >= 15 is 0 Å². The second-order valence-electron chi connectivity index (χ2n) is 6.15. The number of esters is 1. The summed E-state index contributed by atoms with van der Waals surface area (Å²) in [5.74, 6) is -3.70. The molecule has 0 saturated heterocycles. The third-order valence-electron chi connectivity index (χ3n) is 4.00. The van der Waals surface area contributed by atoms with Crippen molar-refractivity contribution in [3.63, 3.8) is 0 Å². The van der Waals surface area contributed by atoms with E-state index in [1.807, 2.05) is 5.32 Å². The molecule has 160 valence electrons. The van der Waals surface area contributed by atoms with Crippen LogP contribution < -0.4 is 5.32 Å². The van der Waals surface area contributed by atoms with Gasteiger partial charge in [-0.05, 0) is 31.5 Å². The lowest BCUT2D eigenvalue weighted by molar-refractivity contribution is -0.385. The lowest BCUT2D eigenvalue weighted by Gasteiger charge is -2.17. The van der Waals surface area contributed by atoms with Gasteiger partial charge in [-0.1, -0.05) is 6.07 Å². The van der Waals surface area contributed by atoms with E-state index in [0.717, 1.165) is 19.1 Å². The number of hydrogen-bond donors (Lipinski definition) is 3. The van der Waals surface area contributed by atoms with Gasteiger partial charge in [0, 0.05) is 12.1 Å². The Labute approximate surface area is 166 Å². The van der Waals surface area contributed by atoms with Gasteiger partial charge in [0.15, 0.2) is 17.6 Å². The Morgan fingerprint density at radius 3 is 2.37 bits per heavy atom. The van der Waals surface area contributed by atoms with Crippen molar-refractivity contribution in [2.45, 2.75) is 26.1 Å². The van der Waals surface area contributed by atoms with Crippen LogP contribution in [0, 0.1) is 17.0 Å². The summed E-state index contributed by atoms with van der Waals surface area (Å²) in [6, 6.07) is 4.18. The van der Waals surface area contributed by atoms with Gasteiger partial charge in [0.05, 0.1) is 16.2 Å². The molecule has 0 radical (unpaired) electrons. The quantitative estimate of drug-likeness (QED) is 0.287. The second kappa shape index (κ2) is 8.27. The minimum absolute atomic E-state index is 0.263. The smallest absolute Gasteiger partial charge is 0.418 e. The van der Waals surface area contributed by atoms with Crippen LogP contribution in [0.5, 0.6) is 11.5 Å². The Hall–Kier alpha value is -3.83. The van der Waals surface area contributed by atoms with E-state index in [4.69, 9.17) is 4.74 Å². The maximum absolute atomic E-state index is 13.2. The molecule has 2 aromatic rings. The Morgan fingerprint density at radius 1 is 1.17 bits per heavy atom. The van der Waals surface area contributed by atoms with Crippen LogP contribution in [0.1, 0.15) is 28.4 Å². The largest absolute Gasteiger partial charge is 0.504 e. The number of carbonyl (C=O) groups excluding carboxylic acids is 2. The number of ether oxygens (including phenoxy) is 1. The minimum atomic E-state index is -5.00. The van der Waals surface area contributed by atoms with Crippen LogP contribution in [0.2, 0.25) is 0 Å². The highest BCUT2D eigenvalue weighted by molar-refractivity contribution is 5.99. The van der Waals surface area contributed by atoms with E-state index < -0.39 is 63.1 Å². The van der Waals surface area contributed by atoms with Crippen LogP contribution in [0.3, 0.4) is 0 Å². The number of phenolic OH excluding ortho intramolecular Hbond substituents is 2. The molecule has 0 aliphatic rings. The molecule has 1 amide bonds. The highest BCUT2D eigenvalue weighted by atomic mass is 19.4. The van der Waals surface area contributed by atoms with Gasteiger partial charge in [-0.3, -0.25) is 14.9 Å². The summed E-state index contributed by atoms with van der Waals surface area (Å²) in [6.45, 7) is 2.53. The van der Waals surface area contributed by atoms with E-state index in [1.54, 1.807) is 0 Å². The van der Waals surface area contributed by atoms with Crippen molar-refractivity contribution < 1.29 is 42.6 Å². The summed E-state index contributed by atoms with van der Waals surface area (Å²) < 4.78 is 44.4. The van der Waals surface area contributed by atoms with Gasteiger partial charge < -0.3 is 20.3 Å². The SMILES string of the molecule is Cc1ccc(C(=O)OC(C)C(=O)Nc2ccc([N+](=O)[O-])cc2C(F)(F)F)c(O)c1O. The number of halogens is 3. The molecular weight excluding hydrogens is 413 g/mol. The number of anilines is 1. The number of benzene rings is 2. The predicted octanol–water partition coefficient (Wildman–Crippen LogP) is 3.52. The average Bonchev–Trinajstić information content (AvgIpc) is 2.65. The third-order valence-corrected chi connectivity index (χ3v) is 4.00. The monoisotopic (exact) mass is 428 g/mol. The molecule has 0 spiro atoms. The highest BCUT2D eigenvalue weighted by Gasteiger charge is 2.36. The van der Waals surface area contributed by atoms with Gasteiger partial charge in [-0.25, -0.2) is 4.79 Å². The number of nitro groups is 1. The molecule has 1 unspecified atom stereocenters. The topological polar surface area (TPSA) is 139 Å². The number of nitro benzene ring substituents is 1. The van der Waals surface area contributed by atoms with E-state index in [9.17, 15) is 43.1 Å². The fourth-order valence-corrected chi connectivity index (χ4v) is 2.35. The van der Waals surface area contributed by atoms with Gasteiger partial charge in [-0.15, -0.1) is 0 Å². The zero-order valence-electron chi connectivity index (χ0n) is 15.5. The number of aryl methyl sites for hydroxylation is 1. The zero-order valence-corrected chi connectivity index (χ0v) is 15.5. The van der Waals surface area contributed by atoms with Gasteiger partial charge in [0.25, 0.3) is 11.6 Å². The Balaban J connectivity index is 2.21. The lowest BCUT2D eigenvalue weighted by Crippen LogP contribution is -2.30. The van der Waals surface area contributed by atoms with E-state index in [-0.39, 0.29) is 11.6 Å². The molecule has 12 heteroatoms. The first-order valence-corrected chi connectivity index (χ1v) is 8.22.